The zero-order chi connectivity index (χ0) is 11.6. The number of rotatable bonds is 3. The molecule has 3 N–H and O–H groups in total. The van der Waals surface area contributed by atoms with Crippen LogP contribution in [0.5, 0.6) is 0 Å². The SMILES string of the molecule is COC1CCC(O)(C2(CN)CCCC2)CC1. The predicted molar refractivity (Wildman–Crippen MR) is 64.2 cm³/mol. The Balaban J connectivity index is 2.07. The summed E-state index contributed by atoms with van der Waals surface area (Å²) >= 11 is 0. The van der Waals surface area contributed by atoms with Crippen LogP contribution in [0.15, 0.2) is 0 Å². The molecule has 0 radical (unpaired) electrons. The fourth-order valence-electron chi connectivity index (χ4n) is 3.75. The lowest BCUT2D eigenvalue weighted by molar-refractivity contribution is -0.123. The Kier molecular flexibility index (Phi) is 3.57. The molecule has 0 unspecified atom stereocenters. The fourth-order valence-corrected chi connectivity index (χ4v) is 3.75. The Morgan fingerprint density at radius 3 is 2.19 bits per heavy atom. The molecule has 0 aromatic rings. The lowest BCUT2D eigenvalue weighted by Gasteiger charge is -2.48. The quantitative estimate of drug-likeness (QED) is 0.773. The summed E-state index contributed by atoms with van der Waals surface area (Å²) in [6.07, 6.45) is 8.71. The van der Waals surface area contributed by atoms with Crippen molar-refractivity contribution in [2.24, 2.45) is 11.1 Å². The van der Waals surface area contributed by atoms with Gasteiger partial charge in [-0.15, -0.1) is 0 Å². The molecule has 0 aromatic carbocycles. The van der Waals surface area contributed by atoms with Gasteiger partial charge in [-0.2, -0.15) is 0 Å². The molecule has 3 nitrogen and oxygen atoms in total. The van der Waals surface area contributed by atoms with Crippen molar-refractivity contribution in [2.75, 3.05) is 13.7 Å². The van der Waals surface area contributed by atoms with Crippen LogP contribution in [0.4, 0.5) is 0 Å². The molecule has 0 bridgehead atoms. The minimum absolute atomic E-state index is 0.00567. The minimum atomic E-state index is -0.521. The molecule has 2 rings (SSSR count). The van der Waals surface area contributed by atoms with Crippen LogP contribution < -0.4 is 5.73 Å². The Morgan fingerprint density at radius 2 is 1.75 bits per heavy atom. The number of nitrogens with two attached hydrogens (primary N) is 1. The third-order valence-electron chi connectivity index (χ3n) is 5.03. The second kappa shape index (κ2) is 4.63. The monoisotopic (exact) mass is 227 g/mol. The molecule has 94 valence electrons. The molecule has 2 aliphatic rings. The van der Waals surface area contributed by atoms with Crippen molar-refractivity contribution in [1.82, 2.24) is 0 Å². The van der Waals surface area contributed by atoms with E-state index in [1.54, 1.807) is 7.11 Å². The Bertz CT molecular complexity index is 228. The average Bonchev–Trinajstić information content (AvgIpc) is 2.80. The van der Waals surface area contributed by atoms with Crippen molar-refractivity contribution >= 4 is 0 Å². The summed E-state index contributed by atoms with van der Waals surface area (Å²) in [5.74, 6) is 0. The molecule has 0 saturated heterocycles. The predicted octanol–water partition coefficient (Wildman–Crippen LogP) is 1.83. The van der Waals surface area contributed by atoms with E-state index in [0.717, 1.165) is 38.5 Å². The molecule has 2 fully saturated rings. The third-order valence-corrected chi connectivity index (χ3v) is 5.03. The topological polar surface area (TPSA) is 55.5 Å². The van der Waals surface area contributed by atoms with Crippen LogP contribution >= 0.6 is 0 Å². The Labute approximate surface area is 98.4 Å². The van der Waals surface area contributed by atoms with Crippen molar-refractivity contribution in [3.8, 4) is 0 Å². The van der Waals surface area contributed by atoms with Crippen LogP contribution in [0, 0.1) is 5.41 Å². The highest BCUT2D eigenvalue weighted by atomic mass is 16.5. The minimum Gasteiger partial charge on any atom is -0.389 e. The number of methoxy groups -OCH3 is 1. The largest absolute Gasteiger partial charge is 0.389 e. The molecule has 0 spiro atoms. The molecule has 3 heteroatoms. The van der Waals surface area contributed by atoms with E-state index < -0.39 is 5.60 Å². The van der Waals surface area contributed by atoms with Crippen molar-refractivity contribution < 1.29 is 9.84 Å². The van der Waals surface area contributed by atoms with Crippen LogP contribution in [0.1, 0.15) is 51.4 Å². The highest BCUT2D eigenvalue weighted by Gasteiger charge is 2.51. The summed E-state index contributed by atoms with van der Waals surface area (Å²) < 4.78 is 5.37. The van der Waals surface area contributed by atoms with E-state index in [0.29, 0.717) is 12.6 Å². The first-order chi connectivity index (χ1) is 7.66. The average molecular weight is 227 g/mol. The number of ether oxygens (including phenoxy) is 1. The van der Waals surface area contributed by atoms with Crippen molar-refractivity contribution in [2.45, 2.75) is 63.1 Å². The van der Waals surface area contributed by atoms with Gasteiger partial charge in [-0.1, -0.05) is 12.8 Å². The molecular weight excluding hydrogens is 202 g/mol. The van der Waals surface area contributed by atoms with Crippen molar-refractivity contribution in [3.63, 3.8) is 0 Å². The van der Waals surface area contributed by atoms with Crippen LogP contribution in [-0.4, -0.2) is 30.5 Å². The van der Waals surface area contributed by atoms with Gasteiger partial charge in [0.1, 0.15) is 0 Å². The van der Waals surface area contributed by atoms with Gasteiger partial charge in [0.05, 0.1) is 11.7 Å². The highest BCUT2D eigenvalue weighted by molar-refractivity contribution is 5.04. The van der Waals surface area contributed by atoms with Gasteiger partial charge in [0.2, 0.25) is 0 Å². The number of hydrogen-bond donors (Lipinski definition) is 2. The highest BCUT2D eigenvalue weighted by Crippen LogP contribution is 2.51. The molecule has 0 atom stereocenters. The molecule has 0 heterocycles. The Hall–Kier alpha value is -0.120. The van der Waals surface area contributed by atoms with Gasteiger partial charge in [-0.25, -0.2) is 0 Å². The zero-order valence-electron chi connectivity index (χ0n) is 10.4. The van der Waals surface area contributed by atoms with E-state index in [9.17, 15) is 5.11 Å². The van der Waals surface area contributed by atoms with Gasteiger partial charge in [-0.3, -0.25) is 0 Å². The summed E-state index contributed by atoms with van der Waals surface area (Å²) in [6, 6.07) is 0. The molecule has 0 aliphatic heterocycles. The van der Waals surface area contributed by atoms with Gasteiger partial charge in [-0.05, 0) is 38.5 Å². The van der Waals surface area contributed by atoms with Crippen LogP contribution in [-0.2, 0) is 4.74 Å². The van der Waals surface area contributed by atoms with Gasteiger partial charge < -0.3 is 15.6 Å². The smallest absolute Gasteiger partial charge is 0.0717 e. The molecule has 0 aromatic heterocycles. The van der Waals surface area contributed by atoms with Gasteiger partial charge in [0.25, 0.3) is 0 Å². The summed E-state index contributed by atoms with van der Waals surface area (Å²) in [5, 5.41) is 10.9. The van der Waals surface area contributed by atoms with Gasteiger partial charge in [0, 0.05) is 19.1 Å². The molecule has 16 heavy (non-hydrogen) atoms. The van der Waals surface area contributed by atoms with E-state index in [4.69, 9.17) is 10.5 Å². The van der Waals surface area contributed by atoms with Gasteiger partial charge in [0.15, 0.2) is 0 Å². The second-order valence-electron chi connectivity index (χ2n) is 5.66. The first kappa shape index (κ1) is 12.3. The standard InChI is InChI=1S/C13H25NO2/c1-16-11-4-8-13(15,9-5-11)12(10-14)6-2-3-7-12/h11,15H,2-10,14H2,1H3. The number of hydrogen-bond acceptors (Lipinski definition) is 3. The zero-order valence-corrected chi connectivity index (χ0v) is 10.4. The maximum absolute atomic E-state index is 10.9. The normalized spacial score (nSPS) is 38.8. The van der Waals surface area contributed by atoms with Crippen LogP contribution in [0.3, 0.4) is 0 Å². The van der Waals surface area contributed by atoms with E-state index in [1.165, 1.54) is 12.8 Å². The van der Waals surface area contributed by atoms with E-state index in [1.807, 2.05) is 0 Å². The summed E-state index contributed by atoms with van der Waals surface area (Å²) in [4.78, 5) is 0. The molecule has 0 amide bonds. The van der Waals surface area contributed by atoms with E-state index in [2.05, 4.69) is 0 Å². The lowest BCUT2D eigenvalue weighted by atomic mass is 9.63. The molecule has 2 aliphatic carbocycles. The fraction of sp³-hybridized carbons (Fsp3) is 1.00. The van der Waals surface area contributed by atoms with Gasteiger partial charge >= 0.3 is 0 Å². The van der Waals surface area contributed by atoms with Crippen molar-refractivity contribution in [1.29, 1.82) is 0 Å². The Morgan fingerprint density at radius 1 is 1.19 bits per heavy atom. The van der Waals surface area contributed by atoms with E-state index >= 15 is 0 Å². The maximum Gasteiger partial charge on any atom is 0.0717 e. The molecule has 2 saturated carbocycles. The van der Waals surface area contributed by atoms with Crippen molar-refractivity contribution in [3.05, 3.63) is 0 Å². The lowest BCUT2D eigenvalue weighted by Crippen LogP contribution is -2.53. The first-order valence-electron chi connectivity index (χ1n) is 6.61. The molecular formula is C13H25NO2. The summed E-state index contributed by atoms with van der Waals surface area (Å²) in [5.41, 5.74) is 5.45. The van der Waals surface area contributed by atoms with Crippen LogP contribution in [0.25, 0.3) is 0 Å². The summed E-state index contributed by atoms with van der Waals surface area (Å²) in [7, 11) is 1.77. The third kappa shape index (κ3) is 1.89. The maximum atomic E-state index is 10.9. The second-order valence-corrected chi connectivity index (χ2v) is 5.66. The summed E-state index contributed by atoms with van der Waals surface area (Å²) in [6.45, 7) is 0.640. The van der Waals surface area contributed by atoms with E-state index in [-0.39, 0.29) is 5.41 Å². The van der Waals surface area contributed by atoms with Crippen LogP contribution in [0.2, 0.25) is 0 Å². The number of aliphatic hydroxyl groups is 1. The first-order valence-corrected chi connectivity index (χ1v) is 6.61.